The first-order chi connectivity index (χ1) is 17.3. The molecule has 0 fully saturated rings. The third kappa shape index (κ3) is 5.77. The summed E-state index contributed by atoms with van der Waals surface area (Å²) in [5, 5.41) is 3.12. The summed E-state index contributed by atoms with van der Waals surface area (Å²) in [4.78, 5) is 12.7. The number of anilines is 1. The van der Waals surface area contributed by atoms with E-state index in [1.165, 1.54) is 22.5 Å². The monoisotopic (exact) mass is 574 g/mol. The van der Waals surface area contributed by atoms with E-state index in [2.05, 4.69) is 5.32 Å². The molecule has 196 valence electrons. The number of nitrogens with zero attached hydrogens (tertiary/aromatic N) is 1. The number of amides is 1. The van der Waals surface area contributed by atoms with Gasteiger partial charge in [0, 0.05) is 18.8 Å². The second-order valence-corrected chi connectivity index (χ2v) is 11.3. The molecule has 12 heteroatoms. The number of carbonyl (C=O) groups is 1. The predicted octanol–water partition coefficient (Wildman–Crippen LogP) is 6.39. The Kier molecular flexibility index (Phi) is 7.58. The van der Waals surface area contributed by atoms with Gasteiger partial charge in [0.2, 0.25) is 15.9 Å². The first-order valence-electron chi connectivity index (χ1n) is 11.0. The Hall–Kier alpha value is -2.66. The van der Waals surface area contributed by atoms with Gasteiger partial charge in [0.25, 0.3) is 0 Å². The van der Waals surface area contributed by atoms with Crippen molar-refractivity contribution in [3.8, 4) is 0 Å². The maximum absolute atomic E-state index is 13.9. The van der Waals surface area contributed by atoms with Crippen LogP contribution < -0.4 is 5.32 Å². The maximum atomic E-state index is 13.9. The van der Waals surface area contributed by atoms with E-state index in [1.807, 2.05) is 0 Å². The van der Waals surface area contributed by atoms with Gasteiger partial charge in [0.15, 0.2) is 0 Å². The van der Waals surface area contributed by atoms with Gasteiger partial charge in [-0.1, -0.05) is 41.4 Å². The molecule has 0 aromatic heterocycles. The van der Waals surface area contributed by atoms with Crippen LogP contribution in [-0.2, 0) is 40.4 Å². The number of sulfonamides is 1. The molecule has 0 unspecified atom stereocenters. The third-order valence-corrected chi connectivity index (χ3v) is 8.65. The van der Waals surface area contributed by atoms with Gasteiger partial charge in [-0.3, -0.25) is 4.79 Å². The average molecular weight is 575 g/mol. The molecule has 1 amide bonds. The van der Waals surface area contributed by atoms with Gasteiger partial charge >= 0.3 is 6.18 Å². The van der Waals surface area contributed by atoms with Crippen LogP contribution in [0, 0.1) is 12.7 Å². The summed E-state index contributed by atoms with van der Waals surface area (Å²) < 4.78 is 79.9. The number of rotatable bonds is 5. The number of hydrogen-bond acceptors (Lipinski definition) is 3. The summed E-state index contributed by atoms with van der Waals surface area (Å²) in [7, 11) is -3.86. The largest absolute Gasteiger partial charge is 0.419 e. The van der Waals surface area contributed by atoms with Gasteiger partial charge in [-0.25, -0.2) is 12.8 Å². The molecule has 1 aliphatic heterocycles. The first kappa shape index (κ1) is 27.4. The molecule has 3 aromatic rings. The fourth-order valence-corrected chi connectivity index (χ4v) is 5.99. The molecule has 1 heterocycles. The molecule has 0 spiro atoms. The van der Waals surface area contributed by atoms with Crippen molar-refractivity contribution in [3.05, 3.63) is 92.2 Å². The molecule has 0 aliphatic carbocycles. The summed E-state index contributed by atoms with van der Waals surface area (Å²) >= 11 is 11.9. The fraction of sp³-hybridized carbons (Fsp3) is 0.240. The van der Waals surface area contributed by atoms with Gasteiger partial charge < -0.3 is 5.32 Å². The first-order valence-corrected chi connectivity index (χ1v) is 13.2. The second-order valence-electron chi connectivity index (χ2n) is 8.60. The number of benzene rings is 3. The lowest BCUT2D eigenvalue weighted by molar-refractivity contribution is -0.140. The van der Waals surface area contributed by atoms with Crippen LogP contribution in [0.2, 0.25) is 10.0 Å². The smallest absolute Gasteiger partial charge is 0.325 e. The molecule has 0 atom stereocenters. The van der Waals surface area contributed by atoms with Crippen LogP contribution in [0.4, 0.5) is 23.2 Å². The average Bonchev–Trinajstić information content (AvgIpc) is 2.81. The number of aryl methyl sites for hydroxylation is 1. The molecule has 0 saturated carbocycles. The Morgan fingerprint density at radius 3 is 2.43 bits per heavy atom. The number of nitrogens with one attached hydrogen (secondary N) is 1. The van der Waals surface area contributed by atoms with Crippen molar-refractivity contribution in [3.63, 3.8) is 0 Å². The summed E-state index contributed by atoms with van der Waals surface area (Å²) in [5.41, 5.74) is 1.37. The summed E-state index contributed by atoms with van der Waals surface area (Å²) in [5.74, 6) is -1.99. The predicted molar refractivity (Wildman–Crippen MR) is 133 cm³/mol. The quantitative estimate of drug-likeness (QED) is 0.359. The molecule has 1 aliphatic rings. The van der Waals surface area contributed by atoms with E-state index in [9.17, 15) is 30.8 Å². The summed E-state index contributed by atoms with van der Waals surface area (Å²) in [6.07, 6.45) is -4.86. The number of fused-ring (bicyclic) bond motifs is 1. The van der Waals surface area contributed by atoms with Crippen molar-refractivity contribution >= 4 is 44.8 Å². The zero-order valence-corrected chi connectivity index (χ0v) is 21.6. The lowest BCUT2D eigenvalue weighted by Crippen LogP contribution is -2.36. The van der Waals surface area contributed by atoms with Gasteiger partial charge in [-0.05, 0) is 65.9 Å². The van der Waals surface area contributed by atoms with Crippen LogP contribution in [0.5, 0.6) is 0 Å². The topological polar surface area (TPSA) is 66.5 Å². The molecule has 37 heavy (non-hydrogen) atoms. The minimum Gasteiger partial charge on any atom is -0.325 e. The van der Waals surface area contributed by atoms with Gasteiger partial charge in [-0.15, -0.1) is 0 Å². The van der Waals surface area contributed by atoms with Crippen molar-refractivity contribution in [1.82, 2.24) is 4.31 Å². The highest BCUT2D eigenvalue weighted by atomic mass is 35.5. The summed E-state index contributed by atoms with van der Waals surface area (Å²) in [6.45, 7) is 1.98. The summed E-state index contributed by atoms with van der Waals surface area (Å²) in [6, 6.07) is 9.96. The van der Waals surface area contributed by atoms with Crippen LogP contribution in [-0.4, -0.2) is 25.2 Å². The maximum Gasteiger partial charge on any atom is 0.419 e. The van der Waals surface area contributed by atoms with Gasteiger partial charge in [0.1, 0.15) is 5.82 Å². The molecular formula is C25H20Cl2F4N2O3S. The Balaban J connectivity index is 1.53. The zero-order valence-electron chi connectivity index (χ0n) is 19.3. The van der Waals surface area contributed by atoms with Gasteiger partial charge in [-0.2, -0.15) is 17.5 Å². The van der Waals surface area contributed by atoms with Crippen LogP contribution >= 0.6 is 23.2 Å². The highest BCUT2D eigenvalue weighted by molar-refractivity contribution is 7.89. The lowest BCUT2D eigenvalue weighted by atomic mass is 9.95. The SMILES string of the molecule is Cc1ccc2c(c1NC(=O)Cc1ccc(C(F)(F)F)c(F)c1)CCN(S(=O)(=O)c1ccc(Cl)c(Cl)c1)C2. The normalized spacial score (nSPS) is 14.4. The van der Waals surface area contributed by atoms with Crippen molar-refractivity contribution in [2.75, 3.05) is 11.9 Å². The highest BCUT2D eigenvalue weighted by Gasteiger charge is 2.34. The van der Waals surface area contributed by atoms with Crippen molar-refractivity contribution in [2.45, 2.75) is 37.4 Å². The van der Waals surface area contributed by atoms with E-state index in [1.54, 1.807) is 19.1 Å². The van der Waals surface area contributed by atoms with Crippen LogP contribution in [0.15, 0.2) is 53.4 Å². The van der Waals surface area contributed by atoms with Crippen LogP contribution in [0.3, 0.4) is 0 Å². The number of alkyl halides is 3. The lowest BCUT2D eigenvalue weighted by Gasteiger charge is -2.30. The van der Waals surface area contributed by atoms with Gasteiger partial charge in [0.05, 0.1) is 26.9 Å². The zero-order chi connectivity index (χ0) is 27.1. The van der Waals surface area contributed by atoms with Crippen molar-refractivity contribution in [1.29, 1.82) is 0 Å². The van der Waals surface area contributed by atoms with Crippen LogP contribution in [0.1, 0.15) is 27.8 Å². The minimum atomic E-state index is -4.83. The van der Waals surface area contributed by atoms with E-state index >= 15 is 0 Å². The number of carbonyl (C=O) groups excluding carboxylic acids is 1. The molecule has 0 saturated heterocycles. The van der Waals surface area contributed by atoms with E-state index in [-0.39, 0.29) is 40.0 Å². The third-order valence-electron chi connectivity index (χ3n) is 6.07. The van der Waals surface area contributed by atoms with E-state index in [4.69, 9.17) is 23.2 Å². The van der Waals surface area contributed by atoms with Crippen molar-refractivity contribution < 1.29 is 30.8 Å². The Labute approximate surface area is 221 Å². The Morgan fingerprint density at radius 2 is 1.78 bits per heavy atom. The Bertz CT molecular complexity index is 1490. The molecule has 4 rings (SSSR count). The van der Waals surface area contributed by atoms with E-state index < -0.39 is 33.5 Å². The van der Waals surface area contributed by atoms with E-state index in [0.717, 1.165) is 17.2 Å². The number of hydrogen-bond donors (Lipinski definition) is 1. The fourth-order valence-electron chi connectivity index (χ4n) is 4.18. The Morgan fingerprint density at radius 1 is 1.05 bits per heavy atom. The second kappa shape index (κ2) is 10.2. The molecule has 5 nitrogen and oxygen atoms in total. The molecule has 0 radical (unpaired) electrons. The van der Waals surface area contributed by atoms with Crippen LogP contribution in [0.25, 0.3) is 0 Å². The number of halogens is 6. The molecule has 1 N–H and O–H groups in total. The highest BCUT2D eigenvalue weighted by Crippen LogP contribution is 2.34. The minimum absolute atomic E-state index is 0.00904. The standard InChI is InChI=1S/C25H20Cl2F4N2O3S/c1-14-2-4-16-13-33(37(35,36)17-5-7-20(26)21(27)12-17)9-8-18(16)24(14)32-23(34)11-15-3-6-19(22(28)10-15)25(29,30)31/h2-7,10,12H,8-9,11,13H2,1H3,(H,32,34). The molecular weight excluding hydrogens is 555 g/mol. The molecule has 0 bridgehead atoms. The van der Waals surface area contributed by atoms with Crippen molar-refractivity contribution in [2.24, 2.45) is 0 Å². The molecule has 3 aromatic carbocycles. The van der Waals surface area contributed by atoms with E-state index in [0.29, 0.717) is 29.8 Å².